The van der Waals surface area contributed by atoms with Crippen LogP contribution in [0, 0.1) is 3.57 Å². The Morgan fingerprint density at radius 2 is 2.05 bits per heavy atom. The minimum atomic E-state index is -1.13. The number of hydrogen-bond donors (Lipinski definition) is 2. The summed E-state index contributed by atoms with van der Waals surface area (Å²) in [5.41, 5.74) is 0.0732. The van der Waals surface area contributed by atoms with Gasteiger partial charge in [0, 0.05) is 15.0 Å². The summed E-state index contributed by atoms with van der Waals surface area (Å²) >= 11 is 8.00. The summed E-state index contributed by atoms with van der Waals surface area (Å²) in [4.78, 5) is 23.0. The number of carbonyl (C=O) groups excluding carboxylic acids is 1. The van der Waals surface area contributed by atoms with E-state index in [2.05, 4.69) is 27.9 Å². The maximum absolute atomic E-state index is 11.7. The molecule has 0 heterocycles. The second kappa shape index (κ2) is 7.31. The number of hydrogen-bond acceptors (Lipinski definition) is 3. The van der Waals surface area contributed by atoms with E-state index < -0.39 is 23.7 Å². The molecule has 7 heteroatoms. The molecule has 0 radical (unpaired) electrons. The Balaban J connectivity index is 2.81. The number of rotatable bonds is 4. The number of nitrogens with one attached hydrogen (secondary N) is 1. The zero-order valence-corrected chi connectivity index (χ0v) is 14.9. The van der Waals surface area contributed by atoms with Crippen molar-refractivity contribution in [2.75, 3.05) is 0 Å². The maximum atomic E-state index is 11.7. The molecule has 0 fully saturated rings. The molecule has 0 saturated heterocycles. The van der Waals surface area contributed by atoms with Crippen molar-refractivity contribution in [3.8, 4) is 0 Å². The second-order valence-corrected chi connectivity index (χ2v) is 7.08. The first-order valence-corrected chi connectivity index (χ1v) is 7.70. The van der Waals surface area contributed by atoms with Crippen LogP contribution in [0.2, 0.25) is 5.02 Å². The van der Waals surface area contributed by atoms with Crippen LogP contribution in [-0.4, -0.2) is 28.8 Å². The van der Waals surface area contributed by atoms with Gasteiger partial charge in [-0.25, -0.2) is 9.59 Å². The molecule has 1 aromatic carbocycles. The monoisotopic (exact) mass is 425 g/mol. The van der Waals surface area contributed by atoms with Crippen molar-refractivity contribution in [1.29, 1.82) is 0 Å². The van der Waals surface area contributed by atoms with Gasteiger partial charge in [-0.1, -0.05) is 11.6 Å². The molecule has 0 spiro atoms. The van der Waals surface area contributed by atoms with Gasteiger partial charge >= 0.3 is 12.1 Å². The Kier molecular flexibility index (Phi) is 6.27. The Morgan fingerprint density at radius 3 is 2.57 bits per heavy atom. The Morgan fingerprint density at radius 1 is 1.43 bits per heavy atom. The molecule has 1 amide bonds. The summed E-state index contributed by atoms with van der Waals surface area (Å²) in [5.74, 6) is -1.13. The standard InChI is InChI=1S/C14H17ClINO4/c1-14(2,3)21-13(20)17-11(12(18)19)7-8-6-9(15)4-5-10(8)16/h4-6,11H,7H2,1-3H3,(H,17,20)(H,18,19)/t11-/m1/s1. The molecule has 1 atom stereocenters. The first kappa shape index (κ1) is 18.0. The fourth-order valence-electron chi connectivity index (χ4n) is 1.57. The van der Waals surface area contributed by atoms with Crippen molar-refractivity contribution in [2.45, 2.75) is 38.8 Å². The van der Waals surface area contributed by atoms with Gasteiger partial charge in [-0.3, -0.25) is 0 Å². The predicted octanol–water partition coefficient (Wildman–Crippen LogP) is 3.47. The largest absolute Gasteiger partial charge is 0.480 e. The first-order valence-electron chi connectivity index (χ1n) is 6.25. The Hall–Kier alpha value is -1.02. The van der Waals surface area contributed by atoms with Gasteiger partial charge in [0.05, 0.1) is 0 Å². The molecule has 0 unspecified atom stereocenters. The van der Waals surface area contributed by atoms with Crippen molar-refractivity contribution < 1.29 is 19.4 Å². The molecule has 0 bridgehead atoms. The van der Waals surface area contributed by atoms with Gasteiger partial charge in [-0.2, -0.15) is 0 Å². The van der Waals surface area contributed by atoms with Crippen LogP contribution in [0.3, 0.4) is 0 Å². The van der Waals surface area contributed by atoms with Crippen LogP contribution in [0.5, 0.6) is 0 Å². The normalized spacial score (nSPS) is 12.6. The number of amides is 1. The van der Waals surface area contributed by atoms with E-state index in [9.17, 15) is 14.7 Å². The topological polar surface area (TPSA) is 75.6 Å². The van der Waals surface area contributed by atoms with Crippen LogP contribution in [0.1, 0.15) is 26.3 Å². The smallest absolute Gasteiger partial charge is 0.408 e. The van der Waals surface area contributed by atoms with Crippen molar-refractivity contribution in [3.05, 3.63) is 32.4 Å². The highest BCUT2D eigenvalue weighted by molar-refractivity contribution is 14.1. The maximum Gasteiger partial charge on any atom is 0.408 e. The molecule has 0 aliphatic carbocycles. The van der Waals surface area contributed by atoms with Gasteiger partial charge in [-0.05, 0) is 67.1 Å². The molecule has 1 aromatic rings. The minimum Gasteiger partial charge on any atom is -0.480 e. The molecular weight excluding hydrogens is 409 g/mol. The SMILES string of the molecule is CC(C)(C)OC(=O)N[C@H](Cc1cc(Cl)ccc1I)C(=O)O. The fraction of sp³-hybridized carbons (Fsp3) is 0.429. The lowest BCUT2D eigenvalue weighted by molar-refractivity contribution is -0.139. The molecule has 116 valence electrons. The van der Waals surface area contributed by atoms with Gasteiger partial charge in [0.2, 0.25) is 0 Å². The highest BCUT2D eigenvalue weighted by Gasteiger charge is 2.24. The number of carboxylic acid groups (broad SMARTS) is 1. The fourth-order valence-corrected chi connectivity index (χ4v) is 2.32. The molecule has 1 rings (SSSR count). The highest BCUT2D eigenvalue weighted by atomic mass is 127. The van der Waals surface area contributed by atoms with E-state index in [0.717, 1.165) is 9.13 Å². The predicted molar refractivity (Wildman–Crippen MR) is 88.7 cm³/mol. The van der Waals surface area contributed by atoms with Crippen molar-refractivity contribution in [3.63, 3.8) is 0 Å². The number of ether oxygens (including phenoxy) is 1. The van der Waals surface area contributed by atoms with E-state index in [1.807, 2.05) is 0 Å². The summed E-state index contributed by atoms with van der Waals surface area (Å²) in [7, 11) is 0. The Labute approximate surface area is 142 Å². The summed E-state index contributed by atoms with van der Waals surface area (Å²) in [6.45, 7) is 5.13. The summed E-state index contributed by atoms with van der Waals surface area (Å²) in [6, 6.07) is 4.14. The zero-order chi connectivity index (χ0) is 16.2. The number of carboxylic acids is 1. The summed E-state index contributed by atoms with van der Waals surface area (Å²) in [5, 5.41) is 12.1. The third kappa shape index (κ3) is 6.52. The van der Waals surface area contributed by atoms with Crippen LogP contribution >= 0.6 is 34.2 Å². The molecule has 5 nitrogen and oxygen atoms in total. The van der Waals surface area contributed by atoms with E-state index in [1.165, 1.54) is 0 Å². The lowest BCUT2D eigenvalue weighted by Crippen LogP contribution is -2.44. The summed E-state index contributed by atoms with van der Waals surface area (Å²) < 4.78 is 5.95. The quantitative estimate of drug-likeness (QED) is 0.725. The summed E-state index contributed by atoms with van der Waals surface area (Å²) in [6.07, 6.45) is -0.625. The van der Waals surface area contributed by atoms with Crippen LogP contribution in [0.15, 0.2) is 18.2 Å². The van der Waals surface area contributed by atoms with Crippen LogP contribution < -0.4 is 5.32 Å². The van der Waals surface area contributed by atoms with Gasteiger partial charge in [0.1, 0.15) is 11.6 Å². The van der Waals surface area contributed by atoms with E-state index in [4.69, 9.17) is 16.3 Å². The Bertz CT molecular complexity index is 542. The van der Waals surface area contributed by atoms with Crippen molar-refractivity contribution in [1.82, 2.24) is 5.32 Å². The zero-order valence-electron chi connectivity index (χ0n) is 11.9. The van der Waals surface area contributed by atoms with Crippen LogP contribution in [0.25, 0.3) is 0 Å². The number of aliphatic carboxylic acids is 1. The van der Waals surface area contributed by atoms with Crippen LogP contribution in [0.4, 0.5) is 4.79 Å². The van der Waals surface area contributed by atoms with Gasteiger partial charge in [0.25, 0.3) is 0 Å². The molecule has 0 aliphatic rings. The van der Waals surface area contributed by atoms with E-state index >= 15 is 0 Å². The molecule has 2 N–H and O–H groups in total. The molecule has 0 saturated carbocycles. The van der Waals surface area contributed by atoms with E-state index in [-0.39, 0.29) is 6.42 Å². The van der Waals surface area contributed by atoms with Gasteiger partial charge < -0.3 is 15.2 Å². The average molecular weight is 426 g/mol. The third-order valence-corrected chi connectivity index (χ3v) is 3.71. The van der Waals surface area contributed by atoms with Crippen molar-refractivity contribution >= 4 is 46.3 Å². The second-order valence-electron chi connectivity index (χ2n) is 5.48. The third-order valence-electron chi connectivity index (χ3n) is 2.42. The number of benzene rings is 1. The molecule has 0 aromatic heterocycles. The number of halogens is 2. The van der Waals surface area contributed by atoms with Gasteiger partial charge in [-0.15, -0.1) is 0 Å². The van der Waals surface area contributed by atoms with E-state index in [0.29, 0.717) is 5.02 Å². The van der Waals surface area contributed by atoms with Gasteiger partial charge in [0.15, 0.2) is 0 Å². The lowest BCUT2D eigenvalue weighted by atomic mass is 10.1. The van der Waals surface area contributed by atoms with Crippen LogP contribution in [-0.2, 0) is 16.0 Å². The minimum absolute atomic E-state index is 0.132. The van der Waals surface area contributed by atoms with E-state index in [1.54, 1.807) is 39.0 Å². The number of alkyl carbamates (subject to hydrolysis) is 1. The average Bonchev–Trinajstić information content (AvgIpc) is 2.30. The molecule has 0 aliphatic heterocycles. The van der Waals surface area contributed by atoms with Crippen molar-refractivity contribution in [2.24, 2.45) is 0 Å². The molecule has 21 heavy (non-hydrogen) atoms. The number of carbonyl (C=O) groups is 2. The lowest BCUT2D eigenvalue weighted by Gasteiger charge is -2.22. The highest BCUT2D eigenvalue weighted by Crippen LogP contribution is 2.19. The first-order chi connectivity index (χ1) is 9.58. The molecular formula is C14H17ClINO4.